The molecule has 0 aliphatic rings. The van der Waals surface area contributed by atoms with Gasteiger partial charge in [0.1, 0.15) is 0 Å². The molecule has 5 nitrogen and oxygen atoms in total. The van der Waals surface area contributed by atoms with Gasteiger partial charge in [-0.2, -0.15) is 5.10 Å². The smallest absolute Gasteiger partial charge is 0.251 e. The summed E-state index contributed by atoms with van der Waals surface area (Å²) in [6, 6.07) is 15.4. The summed E-state index contributed by atoms with van der Waals surface area (Å²) in [4.78, 5) is 12.4. The molecule has 0 radical (unpaired) electrons. The van der Waals surface area contributed by atoms with Gasteiger partial charge in [0.05, 0.1) is 18.3 Å². The normalized spacial score (nSPS) is 11.9. The first-order valence-corrected chi connectivity index (χ1v) is 7.82. The molecule has 2 N–H and O–H groups in total. The van der Waals surface area contributed by atoms with Crippen molar-refractivity contribution >= 4 is 17.5 Å². The minimum Gasteiger partial charge on any atom is -0.394 e. The fourth-order valence-electron chi connectivity index (χ4n) is 2.36. The van der Waals surface area contributed by atoms with Crippen LogP contribution in [0.4, 0.5) is 0 Å². The number of halogens is 1. The molecule has 0 saturated heterocycles. The number of aliphatic hydroxyl groups is 1. The van der Waals surface area contributed by atoms with Crippen LogP contribution in [0.1, 0.15) is 22.0 Å². The van der Waals surface area contributed by atoms with Crippen molar-refractivity contribution in [3.8, 4) is 5.69 Å². The van der Waals surface area contributed by atoms with Gasteiger partial charge in [-0.05, 0) is 48.0 Å². The number of rotatable bonds is 5. The molecule has 0 aliphatic heterocycles. The van der Waals surface area contributed by atoms with Crippen LogP contribution in [-0.4, -0.2) is 27.4 Å². The molecule has 0 fully saturated rings. The fraction of sp³-hybridized carbons (Fsp3) is 0.111. The predicted molar refractivity (Wildman–Crippen MR) is 92.3 cm³/mol. The molecule has 1 unspecified atom stereocenters. The SMILES string of the molecule is O=C(NC(CO)c1ccc(Cl)cc1)c1ccc(-n2cccn2)cc1. The van der Waals surface area contributed by atoms with Crippen molar-refractivity contribution in [2.45, 2.75) is 6.04 Å². The lowest BCUT2D eigenvalue weighted by atomic mass is 10.1. The zero-order valence-corrected chi connectivity index (χ0v) is 13.5. The number of nitrogens with one attached hydrogen (secondary N) is 1. The van der Waals surface area contributed by atoms with Gasteiger partial charge in [-0.25, -0.2) is 4.68 Å². The summed E-state index contributed by atoms with van der Waals surface area (Å²) < 4.78 is 1.71. The molecule has 1 atom stereocenters. The Labute approximate surface area is 144 Å². The first kappa shape index (κ1) is 16.2. The second-order valence-corrected chi connectivity index (χ2v) is 5.69. The molecule has 0 aliphatic carbocycles. The minimum absolute atomic E-state index is 0.196. The molecule has 1 aromatic heterocycles. The van der Waals surface area contributed by atoms with Gasteiger partial charge in [-0.3, -0.25) is 4.79 Å². The van der Waals surface area contributed by atoms with Crippen molar-refractivity contribution in [3.05, 3.63) is 83.1 Å². The van der Waals surface area contributed by atoms with Crippen LogP contribution in [-0.2, 0) is 0 Å². The van der Waals surface area contributed by atoms with Crippen molar-refractivity contribution < 1.29 is 9.90 Å². The van der Waals surface area contributed by atoms with E-state index in [0.29, 0.717) is 10.6 Å². The number of benzene rings is 2. The molecule has 1 heterocycles. The molecule has 0 spiro atoms. The third-order valence-corrected chi connectivity index (χ3v) is 3.91. The molecular formula is C18H16ClN3O2. The van der Waals surface area contributed by atoms with Crippen molar-refractivity contribution in [1.29, 1.82) is 0 Å². The summed E-state index contributed by atoms with van der Waals surface area (Å²) in [5.41, 5.74) is 2.18. The number of hydrogen-bond acceptors (Lipinski definition) is 3. The topological polar surface area (TPSA) is 67.2 Å². The Hall–Kier alpha value is -2.63. The lowest BCUT2D eigenvalue weighted by Gasteiger charge is -2.17. The quantitative estimate of drug-likeness (QED) is 0.749. The van der Waals surface area contributed by atoms with E-state index in [-0.39, 0.29) is 12.5 Å². The molecule has 3 rings (SSSR count). The molecule has 2 aromatic carbocycles. The van der Waals surface area contributed by atoms with E-state index in [1.165, 1.54) is 0 Å². The third-order valence-electron chi connectivity index (χ3n) is 3.66. The summed E-state index contributed by atoms with van der Waals surface area (Å²) in [6.45, 7) is -0.196. The number of hydrogen-bond donors (Lipinski definition) is 2. The minimum atomic E-state index is -0.486. The average Bonchev–Trinajstić information content (AvgIpc) is 3.15. The number of nitrogens with zero attached hydrogens (tertiary/aromatic N) is 2. The molecule has 1 amide bonds. The Bertz CT molecular complexity index is 799. The number of carbonyl (C=O) groups excluding carboxylic acids is 1. The van der Waals surface area contributed by atoms with E-state index < -0.39 is 6.04 Å². The predicted octanol–water partition coefficient (Wildman–Crippen LogP) is 2.99. The monoisotopic (exact) mass is 341 g/mol. The summed E-state index contributed by atoms with van der Waals surface area (Å²) in [6.07, 6.45) is 3.52. The number of aromatic nitrogens is 2. The highest BCUT2D eigenvalue weighted by atomic mass is 35.5. The maximum absolute atomic E-state index is 12.4. The lowest BCUT2D eigenvalue weighted by molar-refractivity contribution is 0.0916. The maximum atomic E-state index is 12.4. The zero-order valence-electron chi connectivity index (χ0n) is 12.8. The zero-order chi connectivity index (χ0) is 16.9. The van der Waals surface area contributed by atoms with E-state index in [1.807, 2.05) is 24.4 Å². The van der Waals surface area contributed by atoms with Crippen LogP contribution in [0.3, 0.4) is 0 Å². The Balaban J connectivity index is 1.72. The molecular weight excluding hydrogens is 326 g/mol. The first-order valence-electron chi connectivity index (χ1n) is 7.44. The van der Waals surface area contributed by atoms with E-state index >= 15 is 0 Å². The summed E-state index contributed by atoms with van der Waals surface area (Å²) in [5.74, 6) is -0.254. The van der Waals surface area contributed by atoms with Gasteiger partial charge in [0, 0.05) is 23.0 Å². The molecule has 122 valence electrons. The highest BCUT2D eigenvalue weighted by Gasteiger charge is 2.15. The van der Waals surface area contributed by atoms with Crippen LogP contribution < -0.4 is 5.32 Å². The van der Waals surface area contributed by atoms with Crippen LogP contribution in [0.5, 0.6) is 0 Å². The van der Waals surface area contributed by atoms with E-state index in [4.69, 9.17) is 11.6 Å². The second-order valence-electron chi connectivity index (χ2n) is 5.26. The van der Waals surface area contributed by atoms with Gasteiger partial charge in [0.25, 0.3) is 5.91 Å². The van der Waals surface area contributed by atoms with Crippen LogP contribution >= 0.6 is 11.6 Å². The third kappa shape index (κ3) is 3.64. The van der Waals surface area contributed by atoms with E-state index in [0.717, 1.165) is 11.3 Å². The molecule has 24 heavy (non-hydrogen) atoms. The van der Waals surface area contributed by atoms with Gasteiger partial charge in [0.15, 0.2) is 0 Å². The molecule has 0 bridgehead atoms. The lowest BCUT2D eigenvalue weighted by Crippen LogP contribution is -2.30. The molecule has 0 saturated carbocycles. The largest absolute Gasteiger partial charge is 0.394 e. The number of amides is 1. The Morgan fingerprint density at radius 3 is 2.46 bits per heavy atom. The van der Waals surface area contributed by atoms with Crippen LogP contribution in [0.25, 0.3) is 5.69 Å². The van der Waals surface area contributed by atoms with Gasteiger partial charge in [0.2, 0.25) is 0 Å². The number of carbonyl (C=O) groups is 1. The summed E-state index contributed by atoms with van der Waals surface area (Å²) in [5, 5.41) is 17.1. The van der Waals surface area contributed by atoms with E-state index in [2.05, 4.69) is 10.4 Å². The van der Waals surface area contributed by atoms with Crippen LogP contribution in [0, 0.1) is 0 Å². The van der Waals surface area contributed by atoms with Crippen LogP contribution in [0.15, 0.2) is 67.0 Å². The molecule has 3 aromatic rings. The maximum Gasteiger partial charge on any atom is 0.251 e. The Morgan fingerprint density at radius 2 is 1.88 bits per heavy atom. The van der Waals surface area contributed by atoms with Gasteiger partial charge < -0.3 is 10.4 Å². The molecule has 6 heteroatoms. The van der Waals surface area contributed by atoms with Crippen molar-refractivity contribution in [1.82, 2.24) is 15.1 Å². The van der Waals surface area contributed by atoms with Crippen molar-refractivity contribution in [2.75, 3.05) is 6.61 Å². The first-order chi connectivity index (χ1) is 11.7. The Kier molecular flexibility index (Phi) is 4.93. The van der Waals surface area contributed by atoms with Gasteiger partial charge in [-0.15, -0.1) is 0 Å². The van der Waals surface area contributed by atoms with Crippen LogP contribution in [0.2, 0.25) is 5.02 Å². The summed E-state index contributed by atoms with van der Waals surface area (Å²) >= 11 is 5.86. The summed E-state index contributed by atoms with van der Waals surface area (Å²) in [7, 11) is 0. The average molecular weight is 342 g/mol. The van der Waals surface area contributed by atoms with Gasteiger partial charge in [-0.1, -0.05) is 23.7 Å². The van der Waals surface area contributed by atoms with Crippen molar-refractivity contribution in [3.63, 3.8) is 0 Å². The standard InChI is InChI=1S/C18H16ClN3O2/c19-15-6-2-13(3-7-15)17(12-23)21-18(24)14-4-8-16(9-5-14)22-11-1-10-20-22/h1-11,17,23H,12H2,(H,21,24). The van der Waals surface area contributed by atoms with E-state index in [9.17, 15) is 9.90 Å². The van der Waals surface area contributed by atoms with E-state index in [1.54, 1.807) is 47.3 Å². The highest BCUT2D eigenvalue weighted by Crippen LogP contribution is 2.17. The highest BCUT2D eigenvalue weighted by molar-refractivity contribution is 6.30. The fourth-order valence-corrected chi connectivity index (χ4v) is 2.48. The van der Waals surface area contributed by atoms with Crippen molar-refractivity contribution in [2.24, 2.45) is 0 Å². The second kappa shape index (κ2) is 7.29. The Morgan fingerprint density at radius 1 is 1.17 bits per heavy atom. The number of aliphatic hydroxyl groups excluding tert-OH is 1. The van der Waals surface area contributed by atoms with Gasteiger partial charge >= 0.3 is 0 Å².